The molecule has 0 spiro atoms. The molecule has 2 atom stereocenters. The number of carbonyl (C=O) groups excluding carboxylic acids is 2. The van der Waals surface area contributed by atoms with Gasteiger partial charge in [0, 0.05) is 26.2 Å². The molecular formula is C16H8F22N2O4. The predicted molar refractivity (Wildman–Crippen MR) is 87.0 cm³/mol. The lowest BCUT2D eigenvalue weighted by molar-refractivity contribution is -0.474. The van der Waals surface area contributed by atoms with Crippen molar-refractivity contribution in [2.24, 2.45) is 0 Å². The van der Waals surface area contributed by atoms with Crippen molar-refractivity contribution in [3.63, 3.8) is 0 Å². The second-order valence-electron chi connectivity index (χ2n) is 8.15. The summed E-state index contributed by atoms with van der Waals surface area (Å²) in [4.78, 5) is 22.1. The monoisotopic (exact) mass is 710 g/mol. The van der Waals surface area contributed by atoms with Crippen LogP contribution in [0.5, 0.6) is 0 Å². The molecule has 1 saturated heterocycles. The molecule has 260 valence electrons. The van der Waals surface area contributed by atoms with Crippen LogP contribution in [-0.2, 0) is 19.1 Å². The smallest absolute Gasteiger partial charge is 0.334 e. The van der Waals surface area contributed by atoms with E-state index < -0.39 is 108 Å². The Morgan fingerprint density at radius 1 is 0.386 bits per heavy atom. The van der Waals surface area contributed by atoms with Crippen LogP contribution in [0.2, 0.25) is 0 Å². The number of halogens is 22. The van der Waals surface area contributed by atoms with Crippen molar-refractivity contribution >= 4 is 11.8 Å². The minimum atomic E-state index is -7.62. The Balaban J connectivity index is 3.35. The SMILES string of the molecule is O=C(N1CCN(C(=O)[C@](F)(OC(F)(F)C(F)(F)C(F)(F)F)C(F)(F)F)CC1)[C@](F)(OC(F)(F)C(F)(F)C(F)(F)F)C(F)(F)F. The van der Waals surface area contributed by atoms with Crippen LogP contribution >= 0.6 is 0 Å². The third kappa shape index (κ3) is 6.63. The van der Waals surface area contributed by atoms with E-state index in [1.165, 1.54) is 0 Å². The van der Waals surface area contributed by atoms with Gasteiger partial charge in [0.2, 0.25) is 0 Å². The van der Waals surface area contributed by atoms with E-state index in [-0.39, 0.29) is 0 Å². The average Bonchev–Trinajstić information content (AvgIpc) is 2.79. The minimum absolute atomic E-state index is 0.875. The molecule has 0 aromatic rings. The molecule has 1 aliphatic heterocycles. The largest absolute Gasteiger partial charge is 0.462 e. The Hall–Kier alpha value is -2.68. The number of amides is 2. The molecule has 1 fully saturated rings. The summed E-state index contributed by atoms with van der Waals surface area (Å²) in [6.45, 7) is -7.94. The fraction of sp³-hybridized carbons (Fsp3) is 0.875. The summed E-state index contributed by atoms with van der Waals surface area (Å²) in [5.41, 5.74) is 0. The lowest BCUT2D eigenvalue weighted by Crippen LogP contribution is -2.67. The molecule has 0 N–H and O–H groups in total. The Bertz CT molecular complexity index is 988. The lowest BCUT2D eigenvalue weighted by atomic mass is 10.1. The highest BCUT2D eigenvalue weighted by Crippen LogP contribution is 2.53. The second kappa shape index (κ2) is 11.0. The molecule has 0 saturated carbocycles. The highest BCUT2D eigenvalue weighted by atomic mass is 19.4. The van der Waals surface area contributed by atoms with E-state index in [9.17, 15) is 106 Å². The van der Waals surface area contributed by atoms with Crippen molar-refractivity contribution in [3.05, 3.63) is 0 Å². The van der Waals surface area contributed by atoms with Crippen molar-refractivity contribution < 1.29 is 116 Å². The van der Waals surface area contributed by atoms with Crippen LogP contribution < -0.4 is 0 Å². The molecule has 0 aromatic heterocycles. The van der Waals surface area contributed by atoms with E-state index in [4.69, 9.17) is 0 Å². The molecule has 1 heterocycles. The van der Waals surface area contributed by atoms with Crippen molar-refractivity contribution in [3.8, 4) is 0 Å². The first-order chi connectivity index (χ1) is 18.9. The van der Waals surface area contributed by atoms with Crippen molar-refractivity contribution in [1.29, 1.82) is 0 Å². The average molecular weight is 710 g/mol. The maximum atomic E-state index is 14.4. The van der Waals surface area contributed by atoms with Crippen molar-refractivity contribution in [1.82, 2.24) is 9.80 Å². The van der Waals surface area contributed by atoms with Crippen LogP contribution in [0, 0.1) is 0 Å². The summed E-state index contributed by atoms with van der Waals surface area (Å²) in [5.74, 6) is -36.2. The zero-order valence-electron chi connectivity index (χ0n) is 19.7. The van der Waals surface area contributed by atoms with Crippen molar-refractivity contribution in [2.75, 3.05) is 26.2 Å². The zero-order chi connectivity index (χ0) is 35.6. The number of rotatable bonds is 8. The van der Waals surface area contributed by atoms with Crippen LogP contribution in [0.3, 0.4) is 0 Å². The molecular weight excluding hydrogens is 702 g/mol. The lowest BCUT2D eigenvalue weighted by Gasteiger charge is -2.41. The molecule has 0 radical (unpaired) electrons. The van der Waals surface area contributed by atoms with Gasteiger partial charge in [-0.25, -0.2) is 0 Å². The number of hydrogen-bond donors (Lipinski definition) is 0. The van der Waals surface area contributed by atoms with Crippen LogP contribution in [-0.4, -0.2) is 108 Å². The molecule has 44 heavy (non-hydrogen) atoms. The molecule has 6 nitrogen and oxygen atoms in total. The summed E-state index contributed by atoms with van der Waals surface area (Å²) in [6.07, 6.45) is -44.4. The quantitative estimate of drug-likeness (QED) is 0.303. The molecule has 2 amide bonds. The number of nitrogens with zero attached hydrogens (tertiary/aromatic N) is 2. The number of hydrogen-bond acceptors (Lipinski definition) is 4. The van der Waals surface area contributed by atoms with Gasteiger partial charge in [-0.15, -0.1) is 0 Å². The maximum Gasteiger partial charge on any atom is 0.462 e. The summed E-state index contributed by atoms with van der Waals surface area (Å²) in [6, 6.07) is 0. The van der Waals surface area contributed by atoms with E-state index >= 15 is 0 Å². The molecule has 0 aromatic carbocycles. The zero-order valence-corrected chi connectivity index (χ0v) is 19.7. The van der Waals surface area contributed by atoms with Gasteiger partial charge in [0.15, 0.2) is 0 Å². The molecule has 28 heteroatoms. The van der Waals surface area contributed by atoms with E-state index in [0.717, 1.165) is 0 Å². The molecule has 0 aliphatic carbocycles. The van der Waals surface area contributed by atoms with Crippen molar-refractivity contribution in [2.45, 2.75) is 60.5 Å². The van der Waals surface area contributed by atoms with E-state index in [0.29, 0.717) is 0 Å². The Labute approximate surface area is 225 Å². The maximum absolute atomic E-state index is 14.4. The van der Waals surface area contributed by atoms with Gasteiger partial charge in [-0.05, 0) is 0 Å². The van der Waals surface area contributed by atoms with Gasteiger partial charge in [-0.1, -0.05) is 0 Å². The van der Waals surface area contributed by atoms with Crippen LogP contribution in [0.4, 0.5) is 96.6 Å². The van der Waals surface area contributed by atoms with E-state index in [1.807, 2.05) is 9.47 Å². The summed E-state index contributed by atoms with van der Waals surface area (Å²) >= 11 is 0. The van der Waals surface area contributed by atoms with Gasteiger partial charge >= 0.3 is 60.5 Å². The van der Waals surface area contributed by atoms with Gasteiger partial charge < -0.3 is 9.80 Å². The van der Waals surface area contributed by atoms with E-state index in [1.54, 1.807) is 0 Å². The summed E-state index contributed by atoms with van der Waals surface area (Å²) < 4.78 is 289. The van der Waals surface area contributed by atoms with Crippen LogP contribution in [0.15, 0.2) is 0 Å². The predicted octanol–water partition coefficient (Wildman–Crippen LogP) is 5.73. The van der Waals surface area contributed by atoms with Gasteiger partial charge in [-0.2, -0.15) is 96.6 Å². The molecule has 0 bridgehead atoms. The normalized spacial score (nSPS) is 19.9. The van der Waals surface area contributed by atoms with Gasteiger partial charge in [0.25, 0.3) is 11.8 Å². The highest BCUT2D eigenvalue weighted by Gasteiger charge is 2.81. The topological polar surface area (TPSA) is 59.1 Å². The van der Waals surface area contributed by atoms with Gasteiger partial charge in [0.05, 0.1) is 0 Å². The number of alkyl halides is 22. The fourth-order valence-electron chi connectivity index (χ4n) is 2.78. The summed E-state index contributed by atoms with van der Waals surface area (Å²) in [5, 5.41) is 0. The molecule has 1 aliphatic rings. The van der Waals surface area contributed by atoms with E-state index in [2.05, 4.69) is 0 Å². The van der Waals surface area contributed by atoms with Crippen LogP contribution in [0.1, 0.15) is 0 Å². The number of piperazine rings is 1. The third-order valence-corrected chi connectivity index (χ3v) is 5.11. The Kier molecular flexibility index (Phi) is 9.83. The Morgan fingerprint density at radius 2 is 0.591 bits per heavy atom. The van der Waals surface area contributed by atoms with Gasteiger partial charge in [-0.3, -0.25) is 19.1 Å². The molecule has 1 rings (SSSR count). The minimum Gasteiger partial charge on any atom is -0.334 e. The second-order valence-corrected chi connectivity index (χ2v) is 8.15. The Morgan fingerprint density at radius 3 is 0.750 bits per heavy atom. The third-order valence-electron chi connectivity index (χ3n) is 5.11. The highest BCUT2D eigenvalue weighted by molar-refractivity contribution is 5.86. The molecule has 0 unspecified atom stereocenters. The van der Waals surface area contributed by atoms with Crippen LogP contribution in [0.25, 0.3) is 0 Å². The van der Waals surface area contributed by atoms with Gasteiger partial charge in [0.1, 0.15) is 0 Å². The first-order valence-corrected chi connectivity index (χ1v) is 10.1. The first-order valence-electron chi connectivity index (χ1n) is 10.1. The number of ether oxygens (including phenoxy) is 2. The summed E-state index contributed by atoms with van der Waals surface area (Å²) in [7, 11) is 0. The fourth-order valence-corrected chi connectivity index (χ4v) is 2.78. The first kappa shape index (κ1) is 39.3. The standard InChI is InChI=1S/C16H8F22N2O4/c17-7(11(23,24)25,43-15(35,36)9(19,20)13(29,30)31)5(41)39-1-2-40(4-3-39)6(42)8(18,12(26,27)28)44-16(37,38)10(21,22)14(32,33)34/h1-4H2/t7-,8-/m0/s1. The number of carbonyl (C=O) groups is 2.